The van der Waals surface area contributed by atoms with Crippen molar-refractivity contribution in [2.24, 2.45) is 5.10 Å². The molecule has 0 atom stereocenters. The highest BCUT2D eigenvalue weighted by atomic mass is 32.2. The van der Waals surface area contributed by atoms with Crippen LogP contribution in [0.3, 0.4) is 0 Å². The van der Waals surface area contributed by atoms with Crippen molar-refractivity contribution in [2.75, 3.05) is 18.3 Å². The van der Waals surface area contributed by atoms with Crippen molar-refractivity contribution in [3.63, 3.8) is 0 Å². The molecule has 0 aliphatic carbocycles. The smallest absolute Gasteiger partial charge is 0.350 e. The number of hydrazone groups is 1. The number of anilines is 1. The van der Waals surface area contributed by atoms with E-state index in [1.165, 1.54) is 13.2 Å². The van der Waals surface area contributed by atoms with Gasteiger partial charge >= 0.3 is 5.97 Å². The van der Waals surface area contributed by atoms with Crippen LogP contribution in [0.1, 0.15) is 9.67 Å². The number of methoxy groups -OCH3 is 1. The molecule has 0 spiro atoms. The molecule has 0 unspecified atom stereocenters. The first-order valence-electron chi connectivity index (χ1n) is 4.55. The van der Waals surface area contributed by atoms with Crippen LogP contribution in [0, 0.1) is 11.3 Å². The number of nitriles is 1. The minimum absolute atomic E-state index is 0.285. The lowest BCUT2D eigenvalue weighted by atomic mass is 10.4. The minimum Gasteiger partial charge on any atom is -0.465 e. The predicted octanol–water partition coefficient (Wildman–Crippen LogP) is 0.828. The molecule has 0 saturated heterocycles. The Morgan fingerprint density at radius 2 is 2.44 bits per heavy atom. The van der Waals surface area contributed by atoms with Gasteiger partial charge in [-0.15, -0.1) is 11.3 Å². The number of hydrogen-bond donors (Lipinski definition) is 1. The lowest BCUT2D eigenvalue weighted by molar-refractivity contribution is 0.0607. The Hall–Kier alpha value is -1.92. The van der Waals surface area contributed by atoms with Crippen LogP contribution in [0.25, 0.3) is 0 Å². The van der Waals surface area contributed by atoms with Crippen LogP contribution in [0.5, 0.6) is 0 Å². The van der Waals surface area contributed by atoms with Crippen molar-refractivity contribution in [1.29, 1.82) is 5.26 Å². The normalized spacial score (nSPS) is 11.1. The lowest BCUT2D eigenvalue weighted by Crippen LogP contribution is -2.07. The summed E-state index contributed by atoms with van der Waals surface area (Å²) in [5.74, 6) is -1.19. The molecular weight excluding hydrogens is 278 g/mol. The van der Waals surface area contributed by atoms with Crippen molar-refractivity contribution < 1.29 is 17.9 Å². The highest BCUT2D eigenvalue weighted by Crippen LogP contribution is 2.22. The summed E-state index contributed by atoms with van der Waals surface area (Å²) in [6, 6.07) is 3.07. The predicted molar refractivity (Wildman–Crippen MR) is 67.2 cm³/mol. The fourth-order valence-electron chi connectivity index (χ4n) is 0.952. The molecule has 0 aliphatic heterocycles. The Bertz CT molecular complexity index is 598. The summed E-state index contributed by atoms with van der Waals surface area (Å²) in [6.07, 6.45) is 0. The number of carbonyl (C=O) groups is 1. The lowest BCUT2D eigenvalue weighted by Gasteiger charge is -2.00. The van der Waals surface area contributed by atoms with Crippen LogP contribution in [0.15, 0.2) is 16.5 Å². The largest absolute Gasteiger partial charge is 0.465 e. The summed E-state index contributed by atoms with van der Waals surface area (Å²) in [7, 11) is -2.41. The second kappa shape index (κ2) is 6.13. The number of hydrogen-bond acceptors (Lipinski definition) is 8. The van der Waals surface area contributed by atoms with Crippen molar-refractivity contribution in [1.82, 2.24) is 0 Å². The molecule has 1 aromatic heterocycles. The second-order valence-electron chi connectivity index (χ2n) is 2.97. The standard InChI is InChI=1S/C9H9N3O4S2/c1-16-9(13)8-7(2-4-17-8)12-11-6-18(14,15)5-3-10/h2,4,6,12H,5H2,1H3. The number of nitrogens with zero attached hydrogens (tertiary/aromatic N) is 2. The summed E-state index contributed by atoms with van der Waals surface area (Å²) in [6.45, 7) is 0. The van der Waals surface area contributed by atoms with E-state index in [0.29, 0.717) is 11.2 Å². The average molecular weight is 287 g/mol. The van der Waals surface area contributed by atoms with Crippen LogP contribution < -0.4 is 5.43 Å². The van der Waals surface area contributed by atoms with Crippen LogP contribution in [-0.2, 0) is 14.6 Å². The number of thiophene rings is 1. The maximum atomic E-state index is 11.3. The highest BCUT2D eigenvalue weighted by Gasteiger charge is 2.13. The molecule has 1 N–H and O–H groups in total. The summed E-state index contributed by atoms with van der Waals surface area (Å²) in [5.41, 5.74) is 3.39. The Morgan fingerprint density at radius 3 is 3.06 bits per heavy atom. The maximum Gasteiger partial charge on any atom is 0.350 e. The number of sulfone groups is 1. The third-order valence-electron chi connectivity index (χ3n) is 1.70. The van der Waals surface area contributed by atoms with Crippen LogP contribution in [0.2, 0.25) is 0 Å². The summed E-state index contributed by atoms with van der Waals surface area (Å²) < 4.78 is 26.8. The number of nitrogens with one attached hydrogen (secondary N) is 1. The zero-order valence-corrected chi connectivity index (χ0v) is 10.9. The zero-order chi connectivity index (χ0) is 13.6. The van der Waals surface area contributed by atoms with Gasteiger partial charge in [0.2, 0.25) is 9.84 Å². The highest BCUT2D eigenvalue weighted by molar-refractivity contribution is 8.04. The molecule has 0 fully saturated rings. The van der Waals surface area contributed by atoms with Gasteiger partial charge in [-0.1, -0.05) is 0 Å². The van der Waals surface area contributed by atoms with Gasteiger partial charge in [-0.25, -0.2) is 13.2 Å². The third-order valence-corrected chi connectivity index (χ3v) is 3.55. The zero-order valence-electron chi connectivity index (χ0n) is 9.28. The SMILES string of the molecule is COC(=O)c1sccc1NN=CS(=O)(=O)CC#N. The molecule has 1 heterocycles. The van der Waals surface area contributed by atoms with Gasteiger partial charge in [-0.3, -0.25) is 5.43 Å². The molecule has 96 valence electrons. The van der Waals surface area contributed by atoms with E-state index in [9.17, 15) is 13.2 Å². The van der Waals surface area contributed by atoms with E-state index in [2.05, 4.69) is 15.3 Å². The molecule has 7 nitrogen and oxygen atoms in total. The van der Waals surface area contributed by atoms with E-state index >= 15 is 0 Å². The number of ether oxygens (including phenoxy) is 1. The van der Waals surface area contributed by atoms with Gasteiger partial charge in [-0.2, -0.15) is 10.4 Å². The van der Waals surface area contributed by atoms with E-state index in [4.69, 9.17) is 5.26 Å². The first kappa shape index (κ1) is 14.1. The van der Waals surface area contributed by atoms with Crippen molar-refractivity contribution >= 4 is 38.4 Å². The molecule has 0 radical (unpaired) electrons. The molecule has 1 rings (SSSR count). The van der Waals surface area contributed by atoms with Gasteiger partial charge < -0.3 is 4.74 Å². The van der Waals surface area contributed by atoms with Gasteiger partial charge in [0.05, 0.1) is 18.9 Å². The number of esters is 1. The maximum absolute atomic E-state index is 11.3. The monoisotopic (exact) mass is 287 g/mol. The second-order valence-corrected chi connectivity index (χ2v) is 5.71. The number of carbonyl (C=O) groups excluding carboxylic acids is 1. The molecular formula is C9H9N3O4S2. The fourth-order valence-corrected chi connectivity index (χ4v) is 2.18. The van der Waals surface area contributed by atoms with Crippen LogP contribution in [0.4, 0.5) is 5.69 Å². The third kappa shape index (κ3) is 3.83. The van der Waals surface area contributed by atoms with E-state index in [0.717, 1.165) is 11.3 Å². The fraction of sp³-hybridized carbons (Fsp3) is 0.222. The summed E-state index contributed by atoms with van der Waals surface area (Å²) >= 11 is 1.14. The van der Waals surface area contributed by atoms with E-state index in [1.807, 2.05) is 0 Å². The van der Waals surface area contributed by atoms with E-state index in [-0.39, 0.29) is 4.88 Å². The first-order chi connectivity index (χ1) is 8.50. The molecule has 0 aromatic carbocycles. The molecule has 18 heavy (non-hydrogen) atoms. The molecule has 1 aromatic rings. The van der Waals surface area contributed by atoms with Gasteiger partial charge in [0.25, 0.3) is 0 Å². The molecule has 0 amide bonds. The van der Waals surface area contributed by atoms with E-state index < -0.39 is 21.6 Å². The minimum atomic E-state index is -3.65. The Morgan fingerprint density at radius 1 is 1.72 bits per heavy atom. The Balaban J connectivity index is 2.77. The van der Waals surface area contributed by atoms with E-state index in [1.54, 1.807) is 11.4 Å². The van der Waals surface area contributed by atoms with Gasteiger partial charge in [0.1, 0.15) is 16.2 Å². The number of rotatable bonds is 5. The van der Waals surface area contributed by atoms with Crippen molar-refractivity contribution in [2.45, 2.75) is 0 Å². The summed E-state index contributed by atoms with van der Waals surface area (Å²) in [4.78, 5) is 11.6. The Kier molecular flexibility index (Phi) is 4.82. The first-order valence-corrected chi connectivity index (χ1v) is 7.14. The summed E-state index contributed by atoms with van der Waals surface area (Å²) in [5, 5.41) is 13.4. The van der Waals surface area contributed by atoms with Crippen LogP contribution >= 0.6 is 11.3 Å². The molecule has 0 aliphatic rings. The van der Waals surface area contributed by atoms with Gasteiger partial charge in [0, 0.05) is 0 Å². The quantitative estimate of drug-likeness (QED) is 0.372. The Labute approximate surface area is 108 Å². The van der Waals surface area contributed by atoms with Gasteiger partial charge in [-0.05, 0) is 11.4 Å². The topological polar surface area (TPSA) is 109 Å². The van der Waals surface area contributed by atoms with Gasteiger partial charge in [0.15, 0.2) is 0 Å². The molecule has 9 heteroatoms. The van der Waals surface area contributed by atoms with Crippen molar-refractivity contribution in [3.8, 4) is 6.07 Å². The van der Waals surface area contributed by atoms with Crippen LogP contribution in [-0.4, -0.2) is 32.8 Å². The average Bonchev–Trinajstić information content (AvgIpc) is 2.76. The molecule has 0 saturated carbocycles. The molecule has 0 bridgehead atoms. The van der Waals surface area contributed by atoms with Crippen molar-refractivity contribution in [3.05, 3.63) is 16.3 Å².